The van der Waals surface area contributed by atoms with Crippen molar-refractivity contribution in [3.05, 3.63) is 29.8 Å². The average molecular weight is 360 g/mol. The van der Waals surface area contributed by atoms with E-state index >= 15 is 0 Å². The number of carbonyl (C=O) groups excluding carboxylic acids is 3. The number of rotatable bonds is 4. The maximum atomic E-state index is 12.8. The van der Waals surface area contributed by atoms with Crippen LogP contribution in [0.4, 0.5) is 10.5 Å². The maximum absolute atomic E-state index is 12.8. The van der Waals surface area contributed by atoms with Gasteiger partial charge in [0.05, 0.1) is 0 Å². The summed E-state index contributed by atoms with van der Waals surface area (Å²) in [7, 11) is 0. The third-order valence-electron chi connectivity index (χ3n) is 4.42. The second-order valence-electron chi connectivity index (χ2n) is 7.79. The smallest absolute Gasteiger partial charge is 0.316 e. The van der Waals surface area contributed by atoms with E-state index in [1.54, 1.807) is 29.2 Å². The molecule has 0 spiro atoms. The standard InChI is InChI=1S/C19H28N4O3/c1-19(2,3)17(25)21-11-13-6-5-9-23(12-13)16(24)14-7-4-8-15(10-14)22-18(20)26/h4,7-8,10,13H,5-6,9,11-12H2,1-3H3,(H,21,25)(H3,20,22,26). The summed E-state index contributed by atoms with van der Waals surface area (Å²) in [6.07, 6.45) is 1.89. The van der Waals surface area contributed by atoms with Crippen molar-refractivity contribution < 1.29 is 14.4 Å². The highest BCUT2D eigenvalue weighted by Crippen LogP contribution is 2.20. The number of hydrogen-bond donors (Lipinski definition) is 3. The summed E-state index contributed by atoms with van der Waals surface area (Å²) in [4.78, 5) is 37.6. The number of anilines is 1. The Bertz CT molecular complexity index is 682. The van der Waals surface area contributed by atoms with Crippen LogP contribution in [0.1, 0.15) is 44.0 Å². The van der Waals surface area contributed by atoms with Crippen LogP contribution in [0.25, 0.3) is 0 Å². The lowest BCUT2D eigenvalue weighted by Crippen LogP contribution is -2.45. The number of nitrogens with zero attached hydrogens (tertiary/aromatic N) is 1. The first-order valence-electron chi connectivity index (χ1n) is 8.91. The number of benzene rings is 1. The van der Waals surface area contributed by atoms with Crippen LogP contribution >= 0.6 is 0 Å². The van der Waals surface area contributed by atoms with Gasteiger partial charge in [-0.2, -0.15) is 0 Å². The summed E-state index contributed by atoms with van der Waals surface area (Å²) in [6, 6.07) is 6.08. The molecule has 26 heavy (non-hydrogen) atoms. The van der Waals surface area contributed by atoms with E-state index in [1.807, 2.05) is 20.8 Å². The molecule has 1 heterocycles. The minimum Gasteiger partial charge on any atom is -0.355 e. The molecule has 1 unspecified atom stereocenters. The lowest BCUT2D eigenvalue weighted by Gasteiger charge is -2.33. The fourth-order valence-electron chi connectivity index (χ4n) is 2.97. The van der Waals surface area contributed by atoms with Crippen LogP contribution in [0.5, 0.6) is 0 Å². The first-order valence-corrected chi connectivity index (χ1v) is 8.91. The second kappa shape index (κ2) is 8.21. The Morgan fingerprint density at radius 1 is 1.27 bits per heavy atom. The van der Waals surface area contributed by atoms with Gasteiger partial charge in [0.15, 0.2) is 0 Å². The van der Waals surface area contributed by atoms with Crippen LogP contribution in [0.3, 0.4) is 0 Å². The van der Waals surface area contributed by atoms with E-state index in [4.69, 9.17) is 5.73 Å². The first kappa shape index (κ1) is 19.8. The van der Waals surface area contributed by atoms with Crippen molar-refractivity contribution in [2.24, 2.45) is 17.1 Å². The second-order valence-corrected chi connectivity index (χ2v) is 7.79. The fraction of sp³-hybridized carbons (Fsp3) is 0.526. The molecule has 1 aliphatic rings. The molecular formula is C19H28N4O3. The molecule has 7 heteroatoms. The monoisotopic (exact) mass is 360 g/mol. The lowest BCUT2D eigenvalue weighted by atomic mass is 9.94. The quantitative estimate of drug-likeness (QED) is 0.766. The van der Waals surface area contributed by atoms with Gasteiger partial charge in [-0.25, -0.2) is 4.79 Å². The first-order chi connectivity index (χ1) is 12.2. The zero-order valence-corrected chi connectivity index (χ0v) is 15.7. The van der Waals surface area contributed by atoms with Crippen molar-refractivity contribution in [3.8, 4) is 0 Å². The van der Waals surface area contributed by atoms with Gasteiger partial charge < -0.3 is 21.3 Å². The third-order valence-corrected chi connectivity index (χ3v) is 4.42. The number of piperidine rings is 1. The number of hydrogen-bond acceptors (Lipinski definition) is 3. The largest absolute Gasteiger partial charge is 0.355 e. The van der Waals surface area contributed by atoms with E-state index in [-0.39, 0.29) is 17.7 Å². The summed E-state index contributed by atoms with van der Waals surface area (Å²) >= 11 is 0. The fourth-order valence-corrected chi connectivity index (χ4v) is 2.97. The molecule has 4 N–H and O–H groups in total. The number of carbonyl (C=O) groups is 3. The number of nitrogens with two attached hydrogens (primary N) is 1. The van der Waals surface area contributed by atoms with Gasteiger partial charge in [0, 0.05) is 36.3 Å². The molecule has 1 saturated heterocycles. The molecule has 4 amide bonds. The Kier molecular flexibility index (Phi) is 6.23. The summed E-state index contributed by atoms with van der Waals surface area (Å²) in [6.45, 7) is 7.51. The summed E-state index contributed by atoms with van der Waals surface area (Å²) in [5.74, 6) is 0.182. The van der Waals surface area contributed by atoms with Crippen LogP contribution in [-0.2, 0) is 4.79 Å². The van der Waals surface area contributed by atoms with Crippen LogP contribution in [0.15, 0.2) is 24.3 Å². The summed E-state index contributed by atoms with van der Waals surface area (Å²) < 4.78 is 0. The Labute approximate surface area is 154 Å². The highest BCUT2D eigenvalue weighted by atomic mass is 16.2. The number of likely N-dealkylation sites (tertiary alicyclic amines) is 1. The molecule has 7 nitrogen and oxygen atoms in total. The van der Waals surface area contributed by atoms with Crippen molar-refractivity contribution in [2.75, 3.05) is 25.0 Å². The number of nitrogens with one attached hydrogen (secondary N) is 2. The third kappa shape index (κ3) is 5.47. The molecule has 0 saturated carbocycles. The SMILES string of the molecule is CC(C)(C)C(=O)NCC1CCCN(C(=O)c2cccc(NC(N)=O)c2)C1. The highest BCUT2D eigenvalue weighted by molar-refractivity contribution is 5.96. The molecule has 0 aromatic heterocycles. The van der Waals surface area contributed by atoms with E-state index in [0.717, 1.165) is 12.8 Å². The lowest BCUT2D eigenvalue weighted by molar-refractivity contribution is -0.128. The minimum atomic E-state index is -0.665. The van der Waals surface area contributed by atoms with Crippen LogP contribution < -0.4 is 16.4 Å². The van der Waals surface area contributed by atoms with E-state index in [0.29, 0.717) is 30.9 Å². The number of amides is 4. The van der Waals surface area contributed by atoms with Crippen LogP contribution in [-0.4, -0.2) is 42.4 Å². The Morgan fingerprint density at radius 2 is 2.00 bits per heavy atom. The van der Waals surface area contributed by atoms with Gasteiger partial charge in [-0.3, -0.25) is 9.59 Å². The van der Waals surface area contributed by atoms with Gasteiger partial charge >= 0.3 is 6.03 Å². The molecule has 2 rings (SSSR count). The Hall–Kier alpha value is -2.57. The van der Waals surface area contributed by atoms with Crippen molar-refractivity contribution in [2.45, 2.75) is 33.6 Å². The van der Waals surface area contributed by atoms with E-state index < -0.39 is 11.4 Å². The van der Waals surface area contributed by atoms with Crippen molar-refractivity contribution in [3.63, 3.8) is 0 Å². The number of urea groups is 1. The molecular weight excluding hydrogens is 332 g/mol. The van der Waals surface area contributed by atoms with Gasteiger partial charge in [-0.05, 0) is 37.0 Å². The van der Waals surface area contributed by atoms with Gasteiger partial charge in [-0.1, -0.05) is 26.8 Å². The van der Waals surface area contributed by atoms with Gasteiger partial charge in [-0.15, -0.1) is 0 Å². The predicted molar refractivity (Wildman–Crippen MR) is 101 cm³/mol. The Balaban J connectivity index is 1.97. The summed E-state index contributed by atoms with van der Waals surface area (Å²) in [5.41, 5.74) is 5.71. The van der Waals surface area contributed by atoms with Crippen molar-refractivity contribution in [1.82, 2.24) is 10.2 Å². The normalized spacial score (nSPS) is 17.5. The molecule has 0 aliphatic carbocycles. The predicted octanol–water partition coefficient (Wildman–Crippen LogP) is 2.19. The van der Waals surface area contributed by atoms with Crippen molar-refractivity contribution >= 4 is 23.5 Å². The zero-order chi connectivity index (χ0) is 19.3. The molecule has 142 valence electrons. The molecule has 0 radical (unpaired) electrons. The van der Waals surface area contributed by atoms with E-state index in [1.165, 1.54) is 0 Å². The molecule has 1 aromatic rings. The van der Waals surface area contributed by atoms with E-state index in [2.05, 4.69) is 10.6 Å². The van der Waals surface area contributed by atoms with E-state index in [9.17, 15) is 14.4 Å². The molecule has 1 atom stereocenters. The minimum absolute atomic E-state index is 0.0196. The molecule has 1 fully saturated rings. The molecule has 1 aliphatic heterocycles. The van der Waals surface area contributed by atoms with Gasteiger partial charge in [0.2, 0.25) is 5.91 Å². The number of primary amides is 1. The topological polar surface area (TPSA) is 105 Å². The molecule has 1 aromatic carbocycles. The van der Waals surface area contributed by atoms with Crippen molar-refractivity contribution in [1.29, 1.82) is 0 Å². The summed E-state index contributed by atoms with van der Waals surface area (Å²) in [5, 5.41) is 5.46. The van der Waals surface area contributed by atoms with Gasteiger partial charge in [0.25, 0.3) is 5.91 Å². The maximum Gasteiger partial charge on any atom is 0.316 e. The zero-order valence-electron chi connectivity index (χ0n) is 15.7. The van der Waals surface area contributed by atoms with Crippen LogP contribution in [0, 0.1) is 11.3 Å². The molecule has 0 bridgehead atoms. The van der Waals surface area contributed by atoms with Crippen LogP contribution in [0.2, 0.25) is 0 Å². The van der Waals surface area contributed by atoms with Gasteiger partial charge in [0.1, 0.15) is 0 Å². The highest BCUT2D eigenvalue weighted by Gasteiger charge is 2.27. The Morgan fingerprint density at radius 3 is 2.65 bits per heavy atom. The average Bonchev–Trinajstić information content (AvgIpc) is 2.58.